The van der Waals surface area contributed by atoms with Crippen molar-refractivity contribution in [3.05, 3.63) is 10.4 Å². The molecule has 11 heavy (non-hydrogen) atoms. The second-order valence-corrected chi connectivity index (χ2v) is 2.00. The van der Waals surface area contributed by atoms with Crippen molar-refractivity contribution in [1.29, 1.82) is 0 Å². The predicted octanol–water partition coefficient (Wildman–Crippen LogP) is -0.739. The Kier molecular flexibility index (Phi) is 0.974. The lowest BCUT2D eigenvalue weighted by Gasteiger charge is -1.94. The zero-order chi connectivity index (χ0) is 7.84. The van der Waals surface area contributed by atoms with Crippen LogP contribution in [0.15, 0.2) is 9.79 Å². The third-order valence-electron chi connectivity index (χ3n) is 1.26. The lowest BCUT2D eigenvalue weighted by Crippen LogP contribution is -2.10. The van der Waals surface area contributed by atoms with Crippen molar-refractivity contribution in [2.75, 3.05) is 5.73 Å². The zero-order valence-electron chi connectivity index (χ0n) is 5.40. The molecule has 1 aromatic rings. The number of nitrogens with zero attached hydrogens (tertiary/aromatic N) is 3. The fraction of sp³-hybridized carbons (Fsp3) is 0. The first kappa shape index (κ1) is 5.90. The van der Waals surface area contributed by atoms with Gasteiger partial charge in [0.2, 0.25) is 5.95 Å². The van der Waals surface area contributed by atoms with Crippen LogP contribution in [0.25, 0.3) is 0 Å². The number of aliphatic imine (C=N–C) groups is 1. The Hall–Kier alpha value is -1.85. The van der Waals surface area contributed by atoms with E-state index >= 15 is 0 Å². The molecule has 0 fully saturated rings. The monoisotopic (exact) mass is 150 g/mol. The van der Waals surface area contributed by atoms with Crippen LogP contribution in [0, 0.1) is 0 Å². The Balaban J connectivity index is 2.77. The van der Waals surface area contributed by atoms with Gasteiger partial charge in [-0.25, -0.2) is 10.3 Å². The Bertz CT molecular complexity index is 379. The van der Waals surface area contributed by atoms with Gasteiger partial charge in [0.1, 0.15) is 6.34 Å². The third kappa shape index (κ3) is 0.759. The molecule has 0 saturated carbocycles. The SMILES string of the molecule is Nc1nc2c(c(=O)[nH]1)N=C[N]2. The smallest absolute Gasteiger partial charge is 0.280 e. The van der Waals surface area contributed by atoms with Gasteiger partial charge < -0.3 is 5.73 Å². The van der Waals surface area contributed by atoms with Crippen LogP contribution in [-0.4, -0.2) is 16.3 Å². The molecule has 0 bridgehead atoms. The molecule has 3 N–H and O–H groups in total. The van der Waals surface area contributed by atoms with E-state index < -0.39 is 0 Å². The molecule has 2 heterocycles. The van der Waals surface area contributed by atoms with Crippen molar-refractivity contribution in [2.45, 2.75) is 0 Å². The lowest BCUT2D eigenvalue weighted by atomic mass is 10.5. The molecule has 1 aromatic heterocycles. The predicted molar refractivity (Wildman–Crippen MR) is 39.2 cm³/mol. The van der Waals surface area contributed by atoms with Crippen LogP contribution in [0.2, 0.25) is 0 Å². The van der Waals surface area contributed by atoms with Gasteiger partial charge in [0.25, 0.3) is 5.56 Å². The van der Waals surface area contributed by atoms with Crippen LogP contribution in [-0.2, 0) is 0 Å². The van der Waals surface area contributed by atoms with E-state index in [2.05, 4.69) is 20.3 Å². The zero-order valence-corrected chi connectivity index (χ0v) is 5.40. The molecule has 1 aliphatic heterocycles. The third-order valence-corrected chi connectivity index (χ3v) is 1.26. The van der Waals surface area contributed by atoms with E-state index in [0.717, 1.165) is 0 Å². The number of H-pyrrole nitrogens is 1. The minimum absolute atomic E-state index is 0.0583. The quantitative estimate of drug-likeness (QED) is 0.509. The van der Waals surface area contributed by atoms with Crippen LogP contribution in [0.3, 0.4) is 0 Å². The van der Waals surface area contributed by atoms with Gasteiger partial charge in [0.05, 0.1) is 0 Å². The molecule has 6 nitrogen and oxygen atoms in total. The number of hydrogen-bond donors (Lipinski definition) is 2. The fourth-order valence-electron chi connectivity index (χ4n) is 0.820. The van der Waals surface area contributed by atoms with Gasteiger partial charge >= 0.3 is 0 Å². The first-order chi connectivity index (χ1) is 5.27. The van der Waals surface area contributed by atoms with Crippen LogP contribution >= 0.6 is 0 Å². The number of nitrogens with two attached hydrogens (primary N) is 1. The number of nitrogen functional groups attached to an aromatic ring is 1. The van der Waals surface area contributed by atoms with E-state index in [4.69, 9.17) is 5.73 Å². The summed E-state index contributed by atoms with van der Waals surface area (Å²) in [5, 5.41) is 3.72. The van der Waals surface area contributed by atoms with E-state index in [1.807, 2.05) is 0 Å². The first-order valence-electron chi connectivity index (χ1n) is 2.90. The van der Waals surface area contributed by atoms with E-state index in [1.165, 1.54) is 6.34 Å². The van der Waals surface area contributed by atoms with Gasteiger partial charge in [-0.1, -0.05) is 0 Å². The lowest BCUT2D eigenvalue weighted by molar-refractivity contribution is 1.10. The summed E-state index contributed by atoms with van der Waals surface area (Å²) in [6.07, 6.45) is 1.27. The molecule has 55 valence electrons. The van der Waals surface area contributed by atoms with Crippen molar-refractivity contribution in [2.24, 2.45) is 4.99 Å². The van der Waals surface area contributed by atoms with Gasteiger partial charge in [-0.2, -0.15) is 4.98 Å². The highest BCUT2D eigenvalue weighted by Gasteiger charge is 2.13. The minimum atomic E-state index is -0.356. The van der Waals surface area contributed by atoms with Crippen molar-refractivity contribution in [3.63, 3.8) is 0 Å². The molecule has 0 unspecified atom stereocenters. The molecule has 0 amide bonds. The van der Waals surface area contributed by atoms with E-state index in [-0.39, 0.29) is 23.0 Å². The summed E-state index contributed by atoms with van der Waals surface area (Å²) in [5.41, 5.74) is 5.11. The maximum absolute atomic E-state index is 11.0. The average molecular weight is 150 g/mol. The first-order valence-corrected chi connectivity index (χ1v) is 2.90. The largest absolute Gasteiger partial charge is 0.369 e. The molecule has 0 saturated heterocycles. The fourth-order valence-corrected chi connectivity index (χ4v) is 0.820. The highest BCUT2D eigenvalue weighted by molar-refractivity contribution is 5.78. The summed E-state index contributed by atoms with van der Waals surface area (Å²) in [5.74, 6) is 0.342. The molecule has 1 radical (unpaired) electrons. The summed E-state index contributed by atoms with van der Waals surface area (Å²) in [7, 11) is 0. The Labute approximate surface area is 61.2 Å². The number of fused-ring (bicyclic) bond motifs is 1. The molecule has 6 heteroatoms. The Morgan fingerprint density at radius 1 is 1.55 bits per heavy atom. The second kappa shape index (κ2) is 1.82. The molecule has 0 spiro atoms. The molecule has 2 rings (SSSR count). The molecule has 0 aromatic carbocycles. The summed E-state index contributed by atoms with van der Waals surface area (Å²) >= 11 is 0. The van der Waals surface area contributed by atoms with E-state index in [1.54, 1.807) is 0 Å². The number of aromatic nitrogens is 2. The standard InChI is InChI=1S/C5H4N5O/c6-5-9-3-2(4(11)10-5)7-1-8-3/h1H,(H3,6,9,10,11). The summed E-state index contributed by atoms with van der Waals surface area (Å²) in [4.78, 5) is 20.7. The van der Waals surface area contributed by atoms with E-state index in [0.29, 0.717) is 0 Å². The summed E-state index contributed by atoms with van der Waals surface area (Å²) < 4.78 is 0. The highest BCUT2D eigenvalue weighted by atomic mass is 16.1. The molecule has 1 aliphatic rings. The normalized spacial score (nSPS) is 12.7. The average Bonchev–Trinajstić information content (AvgIpc) is 2.34. The number of hydrogen-bond acceptors (Lipinski definition) is 4. The van der Waals surface area contributed by atoms with Gasteiger partial charge in [-0.15, -0.1) is 0 Å². The molecule has 0 atom stereocenters. The van der Waals surface area contributed by atoms with Crippen LogP contribution in [0.4, 0.5) is 17.5 Å². The van der Waals surface area contributed by atoms with Gasteiger partial charge in [0.15, 0.2) is 11.5 Å². The van der Waals surface area contributed by atoms with Crippen molar-refractivity contribution >= 4 is 23.8 Å². The van der Waals surface area contributed by atoms with Crippen LogP contribution in [0.5, 0.6) is 0 Å². The second-order valence-electron chi connectivity index (χ2n) is 2.00. The summed E-state index contributed by atoms with van der Waals surface area (Å²) in [6, 6.07) is 0. The maximum Gasteiger partial charge on any atom is 0.280 e. The number of rotatable bonds is 0. The molecular formula is C5H4N5O. The Morgan fingerprint density at radius 3 is 3.18 bits per heavy atom. The Morgan fingerprint density at radius 2 is 2.36 bits per heavy atom. The van der Waals surface area contributed by atoms with Crippen molar-refractivity contribution < 1.29 is 0 Å². The summed E-state index contributed by atoms with van der Waals surface area (Å²) in [6.45, 7) is 0. The van der Waals surface area contributed by atoms with Crippen LogP contribution in [0.1, 0.15) is 0 Å². The van der Waals surface area contributed by atoms with E-state index in [9.17, 15) is 4.79 Å². The number of aromatic amines is 1. The number of anilines is 1. The molecule has 0 aliphatic carbocycles. The molecular weight excluding hydrogens is 146 g/mol. The maximum atomic E-state index is 11.0. The number of nitrogens with one attached hydrogen (secondary N) is 1. The van der Waals surface area contributed by atoms with Crippen molar-refractivity contribution in [1.82, 2.24) is 15.3 Å². The van der Waals surface area contributed by atoms with Crippen molar-refractivity contribution in [3.8, 4) is 0 Å². The topological polar surface area (TPSA) is 98.2 Å². The highest BCUT2D eigenvalue weighted by Crippen LogP contribution is 2.20. The van der Waals surface area contributed by atoms with Gasteiger partial charge in [-0.3, -0.25) is 9.78 Å². The van der Waals surface area contributed by atoms with Gasteiger partial charge in [0, 0.05) is 0 Å². The van der Waals surface area contributed by atoms with Crippen LogP contribution < -0.4 is 16.6 Å². The van der Waals surface area contributed by atoms with Gasteiger partial charge in [-0.05, 0) is 0 Å². The minimum Gasteiger partial charge on any atom is -0.369 e.